The number of quaternary nitrogens is 1. The van der Waals surface area contributed by atoms with E-state index in [1.54, 1.807) is 4.90 Å². The van der Waals surface area contributed by atoms with Crippen LogP contribution in [0.2, 0.25) is 0 Å². The van der Waals surface area contributed by atoms with Crippen molar-refractivity contribution in [1.82, 2.24) is 0 Å². The second-order valence-electron chi connectivity index (χ2n) is 4.51. The van der Waals surface area contributed by atoms with Gasteiger partial charge in [-0.05, 0) is 6.07 Å². The van der Waals surface area contributed by atoms with Crippen LogP contribution in [0.4, 0.5) is 11.4 Å². The van der Waals surface area contributed by atoms with E-state index in [0.29, 0.717) is 0 Å². The maximum atomic E-state index is 12.4. The lowest BCUT2D eigenvalue weighted by atomic mass is 10.0. The van der Waals surface area contributed by atoms with Crippen LogP contribution in [0.1, 0.15) is 11.6 Å². The summed E-state index contributed by atoms with van der Waals surface area (Å²) in [6.45, 7) is 0. The highest BCUT2D eigenvalue weighted by atomic mass is 16.2. The maximum Gasteiger partial charge on any atom is 0.290 e. The number of anilines is 1. The number of hydrogen-bond donors (Lipinski definition) is 1. The van der Waals surface area contributed by atoms with Crippen LogP contribution in [0, 0.1) is 0 Å². The van der Waals surface area contributed by atoms with Crippen LogP contribution >= 0.6 is 0 Å². The number of carbonyl (C=O) groups is 1. The van der Waals surface area contributed by atoms with Crippen molar-refractivity contribution in [3.8, 4) is 0 Å². The molecule has 0 saturated heterocycles. The Hall–Kier alpha value is -2.13. The molecule has 2 aromatic carbocycles. The molecule has 3 nitrogen and oxygen atoms in total. The van der Waals surface area contributed by atoms with Gasteiger partial charge >= 0.3 is 0 Å². The monoisotopic (exact) mass is 239 g/mol. The zero-order chi connectivity index (χ0) is 12.5. The van der Waals surface area contributed by atoms with Gasteiger partial charge in [-0.1, -0.05) is 42.5 Å². The van der Waals surface area contributed by atoms with Crippen LogP contribution in [0.15, 0.2) is 54.6 Å². The molecule has 0 fully saturated rings. The van der Waals surface area contributed by atoms with Gasteiger partial charge < -0.3 is 4.90 Å². The van der Waals surface area contributed by atoms with E-state index in [-0.39, 0.29) is 11.9 Å². The number of nitrogens with two attached hydrogens (primary N) is 1. The minimum absolute atomic E-state index is 0.125. The molecule has 1 amide bonds. The van der Waals surface area contributed by atoms with Crippen molar-refractivity contribution in [3.63, 3.8) is 0 Å². The van der Waals surface area contributed by atoms with Crippen molar-refractivity contribution in [2.45, 2.75) is 6.04 Å². The van der Waals surface area contributed by atoms with Crippen molar-refractivity contribution in [1.29, 1.82) is 0 Å². The molecule has 1 atom stereocenters. The third-order valence-electron chi connectivity index (χ3n) is 3.40. The molecular formula is C15H15N2O+. The molecule has 0 saturated carbocycles. The summed E-state index contributed by atoms with van der Waals surface area (Å²) in [5.41, 5.74) is 3.15. The Labute approximate surface area is 106 Å². The van der Waals surface area contributed by atoms with Gasteiger partial charge in [0.05, 0.1) is 0 Å². The quantitative estimate of drug-likeness (QED) is 0.754. The number of fused-ring (bicyclic) bond motifs is 1. The molecule has 0 bridgehead atoms. The van der Waals surface area contributed by atoms with Gasteiger partial charge in [0.1, 0.15) is 5.69 Å². The summed E-state index contributed by atoms with van der Waals surface area (Å²) in [6.07, 6.45) is 0. The minimum atomic E-state index is -0.175. The van der Waals surface area contributed by atoms with Gasteiger partial charge in [-0.2, -0.15) is 0 Å². The second kappa shape index (κ2) is 4.27. The highest BCUT2D eigenvalue weighted by molar-refractivity contribution is 5.99. The van der Waals surface area contributed by atoms with Crippen LogP contribution in [-0.2, 0) is 4.79 Å². The first-order chi connectivity index (χ1) is 8.77. The molecule has 3 rings (SSSR count). The number of carbonyl (C=O) groups excluding carboxylic acids is 1. The number of likely N-dealkylation sites (N-methyl/N-ethyl adjacent to an activating group) is 1. The van der Waals surface area contributed by atoms with Crippen molar-refractivity contribution in [3.05, 3.63) is 60.2 Å². The van der Waals surface area contributed by atoms with Gasteiger partial charge in [-0.3, -0.25) is 10.1 Å². The van der Waals surface area contributed by atoms with E-state index in [9.17, 15) is 4.79 Å². The fraction of sp³-hybridized carbons (Fsp3) is 0.133. The van der Waals surface area contributed by atoms with Crippen molar-refractivity contribution < 1.29 is 10.1 Å². The Morgan fingerprint density at radius 2 is 1.67 bits per heavy atom. The van der Waals surface area contributed by atoms with Gasteiger partial charge in [0.15, 0.2) is 11.7 Å². The number of hydrogen-bond acceptors (Lipinski definition) is 1. The first-order valence-corrected chi connectivity index (χ1v) is 6.04. The van der Waals surface area contributed by atoms with Crippen LogP contribution in [0.25, 0.3) is 0 Å². The molecule has 2 aromatic rings. The molecule has 0 spiro atoms. The number of benzene rings is 2. The number of rotatable bonds is 1. The van der Waals surface area contributed by atoms with Gasteiger partial charge in [-0.15, -0.1) is 0 Å². The average Bonchev–Trinajstić information content (AvgIpc) is 2.44. The minimum Gasteiger partial charge on any atom is -0.305 e. The van der Waals surface area contributed by atoms with E-state index in [1.165, 1.54) is 0 Å². The third kappa shape index (κ3) is 1.69. The topological polar surface area (TPSA) is 36.9 Å². The predicted molar refractivity (Wildman–Crippen MR) is 70.6 cm³/mol. The average molecular weight is 239 g/mol. The Kier molecular flexibility index (Phi) is 2.61. The maximum absolute atomic E-state index is 12.4. The second-order valence-corrected chi connectivity index (χ2v) is 4.51. The van der Waals surface area contributed by atoms with Gasteiger partial charge in [-0.25, -0.2) is 0 Å². The predicted octanol–water partition coefficient (Wildman–Crippen LogP) is 1.60. The van der Waals surface area contributed by atoms with Crippen molar-refractivity contribution >= 4 is 17.3 Å². The first-order valence-electron chi connectivity index (χ1n) is 6.04. The lowest BCUT2D eigenvalue weighted by Gasteiger charge is -2.29. The zero-order valence-electron chi connectivity index (χ0n) is 10.2. The highest BCUT2D eigenvalue weighted by Gasteiger charge is 2.34. The zero-order valence-corrected chi connectivity index (χ0v) is 10.2. The summed E-state index contributed by atoms with van der Waals surface area (Å²) in [6, 6.07) is 17.7. The lowest BCUT2D eigenvalue weighted by molar-refractivity contribution is -0.604. The molecule has 1 unspecified atom stereocenters. The summed E-state index contributed by atoms with van der Waals surface area (Å²) < 4.78 is 0. The summed E-state index contributed by atoms with van der Waals surface area (Å²) >= 11 is 0. The smallest absolute Gasteiger partial charge is 0.290 e. The molecule has 0 radical (unpaired) electrons. The van der Waals surface area contributed by atoms with Gasteiger partial charge in [0.2, 0.25) is 0 Å². The summed E-state index contributed by atoms with van der Waals surface area (Å²) in [5.74, 6) is 0.125. The van der Waals surface area contributed by atoms with Gasteiger partial charge in [0, 0.05) is 18.7 Å². The molecule has 90 valence electrons. The van der Waals surface area contributed by atoms with Gasteiger partial charge in [0.25, 0.3) is 5.91 Å². The molecule has 18 heavy (non-hydrogen) atoms. The molecule has 1 aliphatic heterocycles. The fourth-order valence-electron chi connectivity index (χ4n) is 2.41. The Bertz CT molecular complexity index is 580. The largest absolute Gasteiger partial charge is 0.305 e. The van der Waals surface area contributed by atoms with E-state index in [2.05, 4.69) is 0 Å². The van der Waals surface area contributed by atoms with Crippen LogP contribution in [0.5, 0.6) is 0 Å². The lowest BCUT2D eigenvalue weighted by Crippen LogP contribution is -2.84. The molecular weight excluding hydrogens is 224 g/mol. The SMILES string of the molecule is CN1C(=O)C(c2ccccc2)[NH2+]c2ccccc21. The molecule has 1 heterocycles. The first kappa shape index (κ1) is 11.0. The molecule has 3 heteroatoms. The number of amides is 1. The van der Waals surface area contributed by atoms with E-state index >= 15 is 0 Å². The summed E-state index contributed by atoms with van der Waals surface area (Å²) in [5, 5.41) is 2.05. The fourth-order valence-corrected chi connectivity index (χ4v) is 2.41. The van der Waals surface area contributed by atoms with E-state index in [1.807, 2.05) is 67.0 Å². The molecule has 2 N–H and O–H groups in total. The van der Waals surface area contributed by atoms with E-state index in [4.69, 9.17) is 0 Å². The van der Waals surface area contributed by atoms with E-state index < -0.39 is 0 Å². The van der Waals surface area contributed by atoms with Crippen molar-refractivity contribution in [2.24, 2.45) is 0 Å². The third-order valence-corrected chi connectivity index (χ3v) is 3.40. The Balaban J connectivity index is 2.04. The van der Waals surface area contributed by atoms with Crippen LogP contribution in [0.3, 0.4) is 0 Å². The molecule has 0 aromatic heterocycles. The Morgan fingerprint density at radius 3 is 2.44 bits per heavy atom. The van der Waals surface area contributed by atoms with Crippen LogP contribution in [-0.4, -0.2) is 13.0 Å². The molecule has 0 aliphatic carbocycles. The standard InChI is InChI=1S/C15H14N2O/c1-17-13-10-6-5-9-12(13)16-14(15(17)18)11-7-3-2-4-8-11/h2-10,14,16H,1H3/p+1. The summed E-state index contributed by atoms with van der Waals surface area (Å²) in [4.78, 5) is 14.1. The molecule has 1 aliphatic rings. The van der Waals surface area contributed by atoms with Crippen molar-refractivity contribution in [2.75, 3.05) is 11.9 Å². The normalized spacial score (nSPS) is 18.6. The number of nitrogens with zero attached hydrogens (tertiary/aromatic N) is 1. The highest BCUT2D eigenvalue weighted by Crippen LogP contribution is 2.28. The van der Waals surface area contributed by atoms with Crippen LogP contribution < -0.4 is 10.2 Å². The number of para-hydroxylation sites is 2. The Morgan fingerprint density at radius 1 is 1.00 bits per heavy atom. The summed E-state index contributed by atoms with van der Waals surface area (Å²) in [7, 11) is 1.84. The van der Waals surface area contributed by atoms with E-state index in [0.717, 1.165) is 16.9 Å².